The van der Waals surface area contributed by atoms with Crippen LogP contribution < -0.4 is 0 Å². The summed E-state index contributed by atoms with van der Waals surface area (Å²) in [6.07, 6.45) is 12.4. The Morgan fingerprint density at radius 1 is 0.793 bits per heavy atom. The zero-order chi connectivity index (χ0) is 22.2. The highest BCUT2D eigenvalue weighted by Gasteiger charge is 2.24. The third-order valence-electron chi connectivity index (χ3n) is 5.27. The van der Waals surface area contributed by atoms with Crippen molar-refractivity contribution in [2.45, 2.75) is 90.4 Å². The number of aryl methyl sites for hydroxylation is 1. The summed E-state index contributed by atoms with van der Waals surface area (Å²) in [4.78, 5) is -0.178. The predicted octanol–water partition coefficient (Wildman–Crippen LogP) is 6.63. The molecule has 0 radical (unpaired) electrons. The van der Waals surface area contributed by atoms with E-state index >= 15 is 0 Å². The van der Waals surface area contributed by atoms with Crippen molar-refractivity contribution in [2.24, 2.45) is 0 Å². The fraction of sp³-hybridized carbons (Fsp3) is 0.739. The Labute approximate surface area is 188 Å². The predicted molar refractivity (Wildman–Crippen MR) is 126 cm³/mol. The van der Waals surface area contributed by atoms with Crippen LogP contribution in [-0.2, 0) is 10.1 Å². The number of alkyl halides is 1. The van der Waals surface area contributed by atoms with Gasteiger partial charge >= 0.3 is 0 Å². The van der Waals surface area contributed by atoms with Crippen LogP contribution in [0.5, 0.6) is 0 Å². The molecular formula is C23H42BrNO3S. The Bertz CT molecular complexity index is 591. The molecule has 4 nitrogen and oxygen atoms in total. The van der Waals surface area contributed by atoms with Crippen LogP contribution in [0.25, 0.3) is 0 Å². The second-order valence-electron chi connectivity index (χ2n) is 8.02. The Morgan fingerprint density at radius 2 is 1.17 bits per heavy atom. The van der Waals surface area contributed by atoms with Crippen molar-refractivity contribution in [1.29, 1.82) is 0 Å². The van der Waals surface area contributed by atoms with Crippen LogP contribution in [0.4, 0.5) is 0 Å². The molecule has 0 saturated heterocycles. The molecule has 0 aromatic heterocycles. The fourth-order valence-electron chi connectivity index (χ4n) is 3.31. The zero-order valence-corrected chi connectivity index (χ0v) is 21.4. The maximum absolute atomic E-state index is 10.4. The topological polar surface area (TPSA) is 57.2 Å². The largest absolute Gasteiger partial charge is 0.744 e. The third-order valence-corrected chi connectivity index (χ3v) is 7.18. The molecule has 0 spiro atoms. The van der Waals surface area contributed by atoms with Gasteiger partial charge in [-0.1, -0.05) is 57.7 Å². The molecule has 6 heteroatoms. The van der Waals surface area contributed by atoms with Crippen LogP contribution in [-0.4, -0.2) is 42.5 Å². The molecule has 0 saturated carbocycles. The number of hydrogen-bond acceptors (Lipinski definition) is 3. The SMILES string of the molecule is CCCCC[N+](CBr)(CCCCC)CCCCC.Cc1ccc(S(=O)(=O)[O-])cc1. The monoisotopic (exact) mass is 491 g/mol. The molecule has 0 heterocycles. The molecule has 0 aliphatic rings. The van der Waals surface area contributed by atoms with Crippen LogP contribution in [0.15, 0.2) is 29.2 Å². The third kappa shape index (κ3) is 13.5. The van der Waals surface area contributed by atoms with Gasteiger partial charge in [0, 0.05) is 0 Å². The van der Waals surface area contributed by atoms with Gasteiger partial charge in [-0.2, -0.15) is 0 Å². The van der Waals surface area contributed by atoms with Gasteiger partial charge in [0.1, 0.15) is 15.6 Å². The van der Waals surface area contributed by atoms with Crippen molar-refractivity contribution in [1.82, 2.24) is 0 Å². The number of nitrogens with zero attached hydrogens (tertiary/aromatic N) is 1. The number of benzene rings is 1. The molecule has 0 unspecified atom stereocenters. The van der Waals surface area contributed by atoms with Gasteiger partial charge in [-0.3, -0.25) is 0 Å². The first-order valence-electron chi connectivity index (χ1n) is 11.2. The van der Waals surface area contributed by atoms with Gasteiger partial charge in [0.15, 0.2) is 0 Å². The standard InChI is InChI=1S/C16H35BrN.C7H8O3S/c1-4-7-10-13-18(16-17,14-11-8-5-2)15-12-9-6-3;1-6-2-4-7(5-3-6)11(8,9)10/h4-16H2,1-3H3;2-5H,1H3,(H,8,9,10)/q+1;/p-1. The summed E-state index contributed by atoms with van der Waals surface area (Å²) < 4.78 is 32.5. The van der Waals surface area contributed by atoms with Gasteiger partial charge < -0.3 is 9.04 Å². The van der Waals surface area contributed by atoms with Crippen LogP contribution in [0.3, 0.4) is 0 Å². The quantitative estimate of drug-likeness (QED) is 0.0964. The molecule has 170 valence electrons. The molecule has 1 aromatic carbocycles. The molecular weight excluding hydrogens is 450 g/mol. The van der Waals surface area contributed by atoms with Crippen molar-refractivity contribution >= 4 is 26.0 Å². The summed E-state index contributed by atoms with van der Waals surface area (Å²) in [6, 6.07) is 5.78. The minimum absolute atomic E-state index is 0.178. The molecule has 0 bridgehead atoms. The molecule has 0 aliphatic heterocycles. The van der Waals surface area contributed by atoms with Crippen molar-refractivity contribution in [3.8, 4) is 0 Å². The number of quaternary nitrogens is 1. The van der Waals surface area contributed by atoms with E-state index in [0.717, 1.165) is 11.0 Å². The van der Waals surface area contributed by atoms with E-state index in [2.05, 4.69) is 36.7 Å². The van der Waals surface area contributed by atoms with Crippen molar-refractivity contribution in [2.75, 3.05) is 25.1 Å². The van der Waals surface area contributed by atoms with Crippen molar-refractivity contribution in [3.05, 3.63) is 29.8 Å². The first kappa shape index (κ1) is 28.6. The molecule has 0 aliphatic carbocycles. The van der Waals surface area contributed by atoms with Crippen molar-refractivity contribution in [3.63, 3.8) is 0 Å². The summed E-state index contributed by atoms with van der Waals surface area (Å²) in [5.41, 5.74) is 2.09. The van der Waals surface area contributed by atoms with Gasteiger partial charge in [0.25, 0.3) is 0 Å². The van der Waals surface area contributed by atoms with E-state index in [4.69, 9.17) is 0 Å². The highest BCUT2D eigenvalue weighted by atomic mass is 79.9. The van der Waals surface area contributed by atoms with Crippen LogP contribution in [0.2, 0.25) is 0 Å². The first-order chi connectivity index (χ1) is 13.7. The molecule has 0 amide bonds. The Morgan fingerprint density at radius 3 is 1.45 bits per heavy atom. The van der Waals surface area contributed by atoms with E-state index in [1.54, 1.807) is 12.1 Å². The lowest BCUT2D eigenvalue weighted by molar-refractivity contribution is -0.915. The first-order valence-corrected chi connectivity index (χ1v) is 13.7. The minimum atomic E-state index is -4.27. The second-order valence-corrected chi connectivity index (χ2v) is 9.90. The van der Waals surface area contributed by atoms with E-state index in [1.165, 1.54) is 94.0 Å². The Kier molecular flexibility index (Phi) is 16.0. The smallest absolute Gasteiger partial charge is 0.134 e. The van der Waals surface area contributed by atoms with Gasteiger partial charge in [-0.15, -0.1) is 0 Å². The van der Waals surface area contributed by atoms with Gasteiger partial charge in [-0.25, -0.2) is 8.42 Å². The summed E-state index contributed by atoms with van der Waals surface area (Å²) in [6.45, 7) is 12.9. The van der Waals surface area contributed by atoms with Gasteiger partial charge in [0.2, 0.25) is 0 Å². The summed E-state index contributed by atoms with van der Waals surface area (Å²) >= 11 is 3.80. The lowest BCUT2D eigenvalue weighted by Gasteiger charge is -2.37. The summed E-state index contributed by atoms with van der Waals surface area (Å²) in [5.74, 6) is 0. The van der Waals surface area contributed by atoms with E-state index in [-0.39, 0.29) is 4.90 Å². The summed E-state index contributed by atoms with van der Waals surface area (Å²) in [7, 11) is -4.27. The average Bonchev–Trinajstić information content (AvgIpc) is 2.68. The maximum atomic E-state index is 10.4. The van der Waals surface area contributed by atoms with E-state index in [1.807, 2.05) is 6.92 Å². The molecule has 1 aromatic rings. The lowest BCUT2D eigenvalue weighted by Crippen LogP contribution is -2.49. The molecule has 0 fully saturated rings. The highest BCUT2D eigenvalue weighted by Crippen LogP contribution is 2.18. The second kappa shape index (κ2) is 16.3. The van der Waals surface area contributed by atoms with Gasteiger partial charge in [-0.05, 0) is 73.5 Å². The average molecular weight is 493 g/mol. The molecule has 29 heavy (non-hydrogen) atoms. The van der Waals surface area contributed by atoms with E-state index in [0.29, 0.717) is 0 Å². The summed E-state index contributed by atoms with van der Waals surface area (Å²) in [5, 5.41) is 0. The van der Waals surface area contributed by atoms with Crippen LogP contribution in [0.1, 0.15) is 84.1 Å². The highest BCUT2D eigenvalue weighted by molar-refractivity contribution is 9.09. The maximum Gasteiger partial charge on any atom is 0.134 e. The van der Waals surface area contributed by atoms with Crippen LogP contribution >= 0.6 is 15.9 Å². The number of rotatable bonds is 14. The molecule has 0 atom stereocenters. The van der Waals surface area contributed by atoms with E-state index in [9.17, 15) is 13.0 Å². The molecule has 0 N–H and O–H groups in total. The number of halogens is 1. The van der Waals surface area contributed by atoms with Crippen molar-refractivity contribution < 1.29 is 17.5 Å². The fourth-order valence-corrected chi connectivity index (χ4v) is 4.53. The van der Waals surface area contributed by atoms with Gasteiger partial charge in [0.05, 0.1) is 24.5 Å². The normalized spacial score (nSPS) is 11.8. The number of hydrogen-bond donors (Lipinski definition) is 0. The minimum Gasteiger partial charge on any atom is -0.744 e. The Balaban J connectivity index is 0.000000604. The Hall–Kier alpha value is -0.430. The number of unbranched alkanes of at least 4 members (excludes halogenated alkanes) is 6. The van der Waals surface area contributed by atoms with E-state index < -0.39 is 10.1 Å². The molecule has 1 rings (SSSR count). The van der Waals surface area contributed by atoms with Crippen LogP contribution in [0, 0.1) is 6.92 Å². The zero-order valence-electron chi connectivity index (χ0n) is 19.0. The lowest BCUT2D eigenvalue weighted by atomic mass is 10.1.